The summed E-state index contributed by atoms with van der Waals surface area (Å²) in [5.74, 6) is 2.71. The highest BCUT2D eigenvalue weighted by molar-refractivity contribution is 7.85. The lowest BCUT2D eigenvalue weighted by molar-refractivity contribution is 0.0143. The van der Waals surface area contributed by atoms with Gasteiger partial charge in [0.2, 0.25) is 0 Å². The number of rotatable bonds is 5. The topological polar surface area (TPSA) is 72.9 Å². The Labute approximate surface area is 133 Å². The Hall–Kier alpha value is -1.26. The van der Waals surface area contributed by atoms with E-state index in [1.807, 2.05) is 0 Å². The van der Waals surface area contributed by atoms with Crippen molar-refractivity contribution in [2.45, 2.75) is 57.6 Å². The summed E-state index contributed by atoms with van der Waals surface area (Å²) in [5, 5.41) is 0. The Kier molecular flexibility index (Phi) is 5.88. The summed E-state index contributed by atoms with van der Waals surface area (Å²) in [5.41, 5.74) is -1.30. The highest BCUT2D eigenvalue weighted by Gasteiger charge is 2.43. The van der Waals surface area contributed by atoms with Crippen LogP contribution in [0.5, 0.6) is 0 Å². The van der Waals surface area contributed by atoms with Crippen LogP contribution in [0.3, 0.4) is 0 Å². The van der Waals surface area contributed by atoms with Crippen LogP contribution < -0.4 is 0 Å². The van der Waals surface area contributed by atoms with E-state index in [0.29, 0.717) is 25.8 Å². The van der Waals surface area contributed by atoms with Crippen molar-refractivity contribution in [2.24, 2.45) is 0 Å². The molecule has 1 aliphatic rings. The zero-order chi connectivity index (χ0) is 17.0. The molecule has 0 N–H and O–H groups in total. The van der Waals surface area contributed by atoms with Crippen LogP contribution in [-0.2, 0) is 19.0 Å². The van der Waals surface area contributed by atoms with Crippen molar-refractivity contribution < 1.29 is 22.1 Å². The molecule has 1 aliphatic heterocycles. The average molecular weight is 331 g/mol. The summed E-state index contributed by atoms with van der Waals surface area (Å²) in [7, 11) is -3.46. The molecule has 1 rings (SSSR count). The lowest BCUT2D eigenvalue weighted by atomic mass is 9.91. The van der Waals surface area contributed by atoms with Gasteiger partial charge in [-0.3, -0.25) is 9.08 Å². The van der Waals surface area contributed by atoms with E-state index in [-0.39, 0.29) is 6.61 Å². The maximum atomic E-state index is 12.3. The number of hydrogen-bond acceptors (Lipinski definition) is 5. The van der Waals surface area contributed by atoms with Crippen LogP contribution in [0.15, 0.2) is 0 Å². The third kappa shape index (κ3) is 5.50. The predicted octanol–water partition coefficient (Wildman–Crippen LogP) is 2.15. The summed E-state index contributed by atoms with van der Waals surface area (Å²) in [6.07, 6.45) is 8.68. The largest absolute Gasteiger partial charge is 0.444 e. The first kappa shape index (κ1) is 18.8. The van der Waals surface area contributed by atoms with E-state index in [9.17, 15) is 13.2 Å². The summed E-state index contributed by atoms with van der Waals surface area (Å²) < 4.78 is 32.0. The predicted molar refractivity (Wildman–Crippen MR) is 83.8 cm³/mol. The molecule has 0 spiro atoms. The highest BCUT2D eigenvalue weighted by atomic mass is 32.2. The van der Waals surface area contributed by atoms with Crippen molar-refractivity contribution in [3.05, 3.63) is 0 Å². The zero-order valence-corrected chi connectivity index (χ0v) is 14.5. The van der Waals surface area contributed by atoms with E-state index in [2.05, 4.69) is 5.92 Å². The van der Waals surface area contributed by atoms with E-state index in [4.69, 9.17) is 15.3 Å². The lowest BCUT2D eigenvalue weighted by Crippen LogP contribution is -2.48. The molecule has 0 aromatic heterocycles. The number of amides is 1. The second kappa shape index (κ2) is 6.88. The lowest BCUT2D eigenvalue weighted by Gasteiger charge is -2.35. The highest BCUT2D eigenvalue weighted by Crippen LogP contribution is 2.34. The first-order valence-electron chi connectivity index (χ1n) is 7.32. The number of likely N-dealkylation sites (tertiary alicyclic amines) is 1. The molecule has 0 aliphatic carbocycles. The molecule has 1 saturated heterocycles. The fourth-order valence-corrected chi connectivity index (χ4v) is 2.94. The normalized spacial score (nSPS) is 22.4. The van der Waals surface area contributed by atoms with Crippen molar-refractivity contribution in [1.29, 1.82) is 0 Å². The van der Waals surface area contributed by atoms with Crippen molar-refractivity contribution in [3.8, 4) is 12.3 Å². The number of carbonyl (C=O) groups is 1. The second-order valence-corrected chi connectivity index (χ2v) is 8.19. The van der Waals surface area contributed by atoms with Crippen LogP contribution in [0, 0.1) is 12.3 Å². The number of hydrogen-bond donors (Lipinski definition) is 0. The van der Waals surface area contributed by atoms with E-state index < -0.39 is 27.4 Å². The molecule has 0 aromatic rings. The summed E-state index contributed by atoms with van der Waals surface area (Å²) >= 11 is 0. The zero-order valence-electron chi connectivity index (χ0n) is 13.7. The molecular weight excluding hydrogens is 306 g/mol. The maximum absolute atomic E-state index is 12.3. The monoisotopic (exact) mass is 331 g/mol. The van der Waals surface area contributed by atoms with E-state index in [1.165, 1.54) is 0 Å². The summed E-state index contributed by atoms with van der Waals surface area (Å²) in [6.45, 7) is 6.02. The van der Waals surface area contributed by atoms with Gasteiger partial charge >= 0.3 is 6.09 Å². The Morgan fingerprint density at radius 2 is 2.05 bits per heavy atom. The van der Waals surface area contributed by atoms with Crippen molar-refractivity contribution in [1.82, 2.24) is 4.90 Å². The molecule has 0 aromatic carbocycles. The SMILES string of the molecule is C#C[C@@]1(CCCOS(C)(=O)=O)CCCN1C(=O)OC(C)(C)C. The van der Waals surface area contributed by atoms with Gasteiger partial charge in [0, 0.05) is 6.54 Å². The van der Waals surface area contributed by atoms with Gasteiger partial charge in [-0.15, -0.1) is 6.42 Å². The van der Waals surface area contributed by atoms with Gasteiger partial charge in [0.05, 0.1) is 12.9 Å². The molecule has 0 bridgehead atoms. The van der Waals surface area contributed by atoms with Crippen molar-refractivity contribution in [3.63, 3.8) is 0 Å². The second-order valence-electron chi connectivity index (χ2n) is 6.54. The van der Waals surface area contributed by atoms with Crippen LogP contribution in [0.1, 0.15) is 46.5 Å². The summed E-state index contributed by atoms with van der Waals surface area (Å²) in [4.78, 5) is 13.9. The fourth-order valence-electron chi connectivity index (χ4n) is 2.52. The molecule has 1 fully saturated rings. The molecule has 1 atom stereocenters. The smallest absolute Gasteiger partial charge is 0.411 e. The van der Waals surface area contributed by atoms with Crippen molar-refractivity contribution in [2.75, 3.05) is 19.4 Å². The van der Waals surface area contributed by atoms with Gasteiger partial charge in [-0.1, -0.05) is 5.92 Å². The number of carbonyl (C=O) groups excluding carboxylic acids is 1. The van der Waals surface area contributed by atoms with Crippen LogP contribution in [0.4, 0.5) is 4.79 Å². The molecule has 7 heteroatoms. The Balaban J connectivity index is 2.70. The van der Waals surface area contributed by atoms with Gasteiger partial charge in [-0.2, -0.15) is 8.42 Å². The Bertz CT molecular complexity index is 543. The number of terminal acetylenes is 1. The number of ether oxygens (including phenoxy) is 1. The third-order valence-corrected chi connectivity index (χ3v) is 4.00. The molecule has 0 unspecified atom stereocenters. The standard InChI is InChI=1S/C15H25NO5S/c1-6-15(10-8-12-20-22(5,18)19)9-7-11-16(15)13(17)21-14(2,3)4/h1H,7-12H2,2-5H3/t15-/m0/s1. The Morgan fingerprint density at radius 3 is 2.55 bits per heavy atom. The van der Waals surface area contributed by atoms with Crippen LogP contribution in [-0.4, -0.2) is 50.0 Å². The maximum Gasteiger partial charge on any atom is 0.411 e. The molecule has 0 radical (unpaired) electrons. The van der Waals surface area contributed by atoms with Crippen LogP contribution in [0.25, 0.3) is 0 Å². The average Bonchev–Trinajstić information content (AvgIpc) is 2.76. The van der Waals surface area contributed by atoms with E-state index in [1.54, 1.807) is 25.7 Å². The fraction of sp³-hybridized carbons (Fsp3) is 0.800. The molecule has 1 heterocycles. The van der Waals surface area contributed by atoms with Crippen molar-refractivity contribution >= 4 is 16.2 Å². The van der Waals surface area contributed by atoms with Crippen LogP contribution >= 0.6 is 0 Å². The molecule has 1 amide bonds. The minimum Gasteiger partial charge on any atom is -0.444 e. The molecule has 6 nitrogen and oxygen atoms in total. The van der Waals surface area contributed by atoms with Crippen LogP contribution in [0.2, 0.25) is 0 Å². The quantitative estimate of drug-likeness (QED) is 0.438. The van der Waals surface area contributed by atoms with Gasteiger partial charge in [-0.25, -0.2) is 4.79 Å². The van der Waals surface area contributed by atoms with Gasteiger partial charge in [-0.05, 0) is 46.5 Å². The van der Waals surface area contributed by atoms with E-state index >= 15 is 0 Å². The minimum absolute atomic E-state index is 0.0599. The van der Waals surface area contributed by atoms with Gasteiger partial charge in [0.25, 0.3) is 10.1 Å². The summed E-state index contributed by atoms with van der Waals surface area (Å²) in [6, 6.07) is 0. The molecular formula is C15H25NO5S. The van der Waals surface area contributed by atoms with Gasteiger partial charge in [0.15, 0.2) is 0 Å². The molecule has 22 heavy (non-hydrogen) atoms. The van der Waals surface area contributed by atoms with Gasteiger partial charge in [0.1, 0.15) is 11.1 Å². The molecule has 126 valence electrons. The van der Waals surface area contributed by atoms with Gasteiger partial charge < -0.3 is 4.74 Å². The third-order valence-electron chi connectivity index (χ3n) is 3.40. The molecule has 0 saturated carbocycles. The Morgan fingerprint density at radius 1 is 1.41 bits per heavy atom. The minimum atomic E-state index is -3.46. The van der Waals surface area contributed by atoms with E-state index in [0.717, 1.165) is 12.7 Å². The first-order valence-corrected chi connectivity index (χ1v) is 9.14. The number of nitrogens with zero attached hydrogens (tertiary/aromatic N) is 1. The first-order chi connectivity index (χ1) is 9.99.